The molecule has 1 aromatic carbocycles. The highest BCUT2D eigenvalue weighted by molar-refractivity contribution is 5.78. The van der Waals surface area contributed by atoms with Crippen molar-refractivity contribution in [3.05, 3.63) is 35.9 Å². The van der Waals surface area contributed by atoms with E-state index in [0.29, 0.717) is 0 Å². The van der Waals surface area contributed by atoms with Gasteiger partial charge in [-0.05, 0) is 32.8 Å². The molecule has 0 saturated carbocycles. The van der Waals surface area contributed by atoms with E-state index in [1.165, 1.54) is 0 Å². The van der Waals surface area contributed by atoms with Gasteiger partial charge in [-0.1, -0.05) is 30.3 Å². The van der Waals surface area contributed by atoms with Crippen LogP contribution in [0.15, 0.2) is 30.3 Å². The Morgan fingerprint density at radius 2 is 1.76 bits per heavy atom. The van der Waals surface area contributed by atoms with Gasteiger partial charge < -0.3 is 30.0 Å². The molecule has 8 nitrogen and oxygen atoms in total. The van der Waals surface area contributed by atoms with E-state index in [0.717, 1.165) is 5.56 Å². The molecular weight excluding hydrogens is 328 g/mol. The number of hydrogen-bond donors (Lipinski definition) is 2. The quantitative estimate of drug-likeness (QED) is 0.755. The van der Waals surface area contributed by atoms with Crippen molar-refractivity contribution in [2.24, 2.45) is 0 Å². The van der Waals surface area contributed by atoms with Crippen LogP contribution in [0.3, 0.4) is 0 Å². The Morgan fingerprint density at radius 3 is 2.32 bits per heavy atom. The molecule has 1 rings (SSSR count). The molecule has 0 saturated heterocycles. The van der Waals surface area contributed by atoms with Crippen molar-refractivity contribution in [3.63, 3.8) is 0 Å². The van der Waals surface area contributed by atoms with Gasteiger partial charge in [0.25, 0.3) is 0 Å². The van der Waals surface area contributed by atoms with Gasteiger partial charge in [-0.25, -0.2) is 9.59 Å². The normalized spacial score (nSPS) is 12.0. The molecule has 138 valence electrons. The number of aliphatic carboxylic acids is 1. The van der Waals surface area contributed by atoms with Gasteiger partial charge in [-0.2, -0.15) is 0 Å². The average Bonchev–Trinajstić information content (AvgIpc) is 2.51. The zero-order valence-corrected chi connectivity index (χ0v) is 14.5. The maximum Gasteiger partial charge on any atom is 0.407 e. The molecule has 1 atom stereocenters. The molecule has 2 N–H and O–H groups in total. The third-order valence-corrected chi connectivity index (χ3v) is 2.89. The van der Waals surface area contributed by atoms with Gasteiger partial charge in [-0.15, -0.1) is 0 Å². The number of hydrogen-bond acceptors (Lipinski definition) is 6. The van der Waals surface area contributed by atoms with Crippen LogP contribution in [-0.4, -0.2) is 36.3 Å². The minimum atomic E-state index is -1.47. The van der Waals surface area contributed by atoms with E-state index in [4.69, 9.17) is 9.47 Å². The van der Waals surface area contributed by atoms with E-state index in [-0.39, 0.29) is 19.6 Å². The van der Waals surface area contributed by atoms with Gasteiger partial charge in [-0.3, -0.25) is 0 Å². The predicted molar refractivity (Wildman–Crippen MR) is 87.4 cm³/mol. The monoisotopic (exact) mass is 351 g/mol. The number of carbonyl (C=O) groups is 3. The van der Waals surface area contributed by atoms with Crippen LogP contribution in [0, 0.1) is 0 Å². The zero-order valence-electron chi connectivity index (χ0n) is 14.5. The summed E-state index contributed by atoms with van der Waals surface area (Å²) >= 11 is 0. The lowest BCUT2D eigenvalue weighted by Gasteiger charge is -2.22. The number of alkyl carbamates (subject to hydrolysis) is 2. The van der Waals surface area contributed by atoms with Crippen LogP contribution in [0.5, 0.6) is 0 Å². The summed E-state index contributed by atoms with van der Waals surface area (Å²) in [6.07, 6.45) is -1.62. The van der Waals surface area contributed by atoms with Crippen molar-refractivity contribution in [2.75, 3.05) is 6.54 Å². The molecule has 2 amide bonds. The summed E-state index contributed by atoms with van der Waals surface area (Å²) in [5, 5.41) is 15.7. The third kappa shape index (κ3) is 9.19. The fraction of sp³-hybridized carbons (Fsp3) is 0.471. The summed E-state index contributed by atoms with van der Waals surface area (Å²) in [6.45, 7) is 5.14. The molecule has 0 spiro atoms. The number of rotatable bonds is 7. The Kier molecular flexibility index (Phi) is 7.71. The minimum absolute atomic E-state index is 0.00742. The Balaban J connectivity index is 2.37. The summed E-state index contributed by atoms with van der Waals surface area (Å²) in [7, 11) is 0. The van der Waals surface area contributed by atoms with Crippen LogP contribution in [0.25, 0.3) is 0 Å². The smallest absolute Gasteiger partial charge is 0.407 e. The lowest BCUT2D eigenvalue weighted by molar-refractivity contribution is -0.308. The van der Waals surface area contributed by atoms with Crippen molar-refractivity contribution >= 4 is 18.2 Å². The Hall–Kier alpha value is -2.77. The van der Waals surface area contributed by atoms with Crippen LogP contribution in [-0.2, 0) is 20.9 Å². The number of ether oxygens (including phenoxy) is 2. The maximum absolute atomic E-state index is 11.7. The summed E-state index contributed by atoms with van der Waals surface area (Å²) in [6, 6.07) is 7.67. The number of carbonyl (C=O) groups excluding carboxylic acids is 3. The van der Waals surface area contributed by atoms with E-state index in [1.807, 2.05) is 6.07 Å². The molecular formula is C17H23N2O6-. The highest BCUT2D eigenvalue weighted by Crippen LogP contribution is 2.06. The third-order valence-electron chi connectivity index (χ3n) is 2.89. The van der Waals surface area contributed by atoms with E-state index in [2.05, 4.69) is 10.6 Å². The number of carboxylic acid groups (broad SMARTS) is 1. The fourth-order valence-electron chi connectivity index (χ4n) is 1.79. The second-order valence-corrected chi connectivity index (χ2v) is 6.30. The average molecular weight is 351 g/mol. The van der Waals surface area contributed by atoms with Gasteiger partial charge in [0.1, 0.15) is 12.2 Å². The minimum Gasteiger partial charge on any atom is -0.548 e. The van der Waals surface area contributed by atoms with Gasteiger partial charge in [0.15, 0.2) is 0 Å². The van der Waals surface area contributed by atoms with Crippen molar-refractivity contribution < 1.29 is 29.0 Å². The summed E-state index contributed by atoms with van der Waals surface area (Å²) in [4.78, 5) is 34.3. The highest BCUT2D eigenvalue weighted by atomic mass is 16.6. The molecule has 0 aliphatic rings. The number of carboxylic acids is 1. The summed E-state index contributed by atoms with van der Waals surface area (Å²) < 4.78 is 9.97. The van der Waals surface area contributed by atoms with Crippen LogP contribution in [0.1, 0.15) is 32.8 Å². The lowest BCUT2D eigenvalue weighted by Crippen LogP contribution is -2.49. The largest absolute Gasteiger partial charge is 0.548 e. The van der Waals surface area contributed by atoms with E-state index < -0.39 is 29.8 Å². The molecule has 0 aromatic heterocycles. The van der Waals surface area contributed by atoms with E-state index >= 15 is 0 Å². The summed E-state index contributed by atoms with van der Waals surface area (Å²) in [5.74, 6) is -1.47. The molecule has 25 heavy (non-hydrogen) atoms. The van der Waals surface area contributed by atoms with Gasteiger partial charge in [0.2, 0.25) is 0 Å². The Labute approximate surface area is 146 Å². The first-order valence-electron chi connectivity index (χ1n) is 7.82. The van der Waals surface area contributed by atoms with Gasteiger partial charge in [0.05, 0.1) is 12.0 Å². The molecule has 0 radical (unpaired) electrons. The molecule has 0 fully saturated rings. The second kappa shape index (κ2) is 9.51. The molecule has 0 aliphatic heterocycles. The summed E-state index contributed by atoms with van der Waals surface area (Å²) in [5.41, 5.74) is 0.117. The number of amides is 2. The maximum atomic E-state index is 11.7. The van der Waals surface area contributed by atoms with Crippen LogP contribution in [0.4, 0.5) is 9.59 Å². The van der Waals surface area contributed by atoms with Crippen LogP contribution in [0.2, 0.25) is 0 Å². The molecule has 0 unspecified atom stereocenters. The second-order valence-electron chi connectivity index (χ2n) is 6.30. The number of benzene rings is 1. The first kappa shape index (κ1) is 20.3. The molecule has 0 heterocycles. The van der Waals surface area contributed by atoms with Crippen molar-refractivity contribution in [1.29, 1.82) is 0 Å². The first-order chi connectivity index (χ1) is 11.7. The van der Waals surface area contributed by atoms with Crippen LogP contribution >= 0.6 is 0 Å². The zero-order chi connectivity index (χ0) is 18.9. The van der Waals surface area contributed by atoms with Crippen LogP contribution < -0.4 is 15.7 Å². The lowest BCUT2D eigenvalue weighted by atomic mass is 10.2. The Bertz CT molecular complexity index is 583. The molecule has 1 aromatic rings. The SMILES string of the molecule is CC(C)(C)OC(=O)NCC[C@H](NC(=O)OCc1ccccc1)C(=O)[O-]. The van der Waals surface area contributed by atoms with Crippen molar-refractivity contribution in [1.82, 2.24) is 10.6 Å². The van der Waals surface area contributed by atoms with E-state index in [1.54, 1.807) is 45.0 Å². The highest BCUT2D eigenvalue weighted by Gasteiger charge is 2.18. The predicted octanol–water partition coefficient (Wildman–Crippen LogP) is 0.946. The molecule has 0 bridgehead atoms. The van der Waals surface area contributed by atoms with Gasteiger partial charge in [0, 0.05) is 6.54 Å². The first-order valence-corrected chi connectivity index (χ1v) is 7.82. The number of nitrogens with one attached hydrogen (secondary N) is 2. The Morgan fingerprint density at radius 1 is 1.12 bits per heavy atom. The fourth-order valence-corrected chi connectivity index (χ4v) is 1.79. The van der Waals surface area contributed by atoms with E-state index in [9.17, 15) is 19.5 Å². The molecule has 8 heteroatoms. The molecule has 0 aliphatic carbocycles. The topological polar surface area (TPSA) is 117 Å². The van der Waals surface area contributed by atoms with Crippen molar-refractivity contribution in [2.45, 2.75) is 45.4 Å². The van der Waals surface area contributed by atoms with Gasteiger partial charge >= 0.3 is 12.2 Å². The standard InChI is InChI=1S/C17H24N2O6/c1-17(2,3)25-15(22)18-10-9-13(14(20)21)19-16(23)24-11-12-7-5-4-6-8-12/h4-8,13H,9-11H2,1-3H3,(H,18,22)(H,19,23)(H,20,21)/p-1/t13-/m0/s1. The van der Waals surface area contributed by atoms with Crippen molar-refractivity contribution in [3.8, 4) is 0 Å².